The summed E-state index contributed by atoms with van der Waals surface area (Å²) in [6, 6.07) is 5.42. The molecule has 3 heterocycles. The van der Waals surface area contributed by atoms with Crippen LogP contribution in [-0.2, 0) is 16.6 Å². The number of aryl methyl sites for hydroxylation is 2. The number of aromatic nitrogens is 2. The van der Waals surface area contributed by atoms with Gasteiger partial charge in [-0.3, -0.25) is 9.59 Å². The number of pyridine rings is 1. The molecule has 222 valence electrons. The predicted molar refractivity (Wildman–Crippen MR) is 164 cm³/mol. The van der Waals surface area contributed by atoms with Crippen LogP contribution in [0.4, 0.5) is 5.69 Å². The Morgan fingerprint density at radius 1 is 1.12 bits per heavy atom. The molecule has 1 saturated heterocycles. The van der Waals surface area contributed by atoms with Crippen molar-refractivity contribution in [1.82, 2.24) is 19.2 Å². The number of allylic oxidation sites excluding steroid dienone is 1. The van der Waals surface area contributed by atoms with Crippen molar-refractivity contribution in [1.29, 1.82) is 0 Å². The molecular formula is C30H41N5O5S. The standard InChI is InChI=1S/C30H41N5O5S/c1-6-7-8-9-10-15-41(38,39)35-20-21(2)28-24(17-23(18-26(28)35)34-13-11-33(4)12-14-34)29(36)31-19-25-27(40-5)16-22(3)32-30(25)37/h6,16-18,20H,1,7-15,19H2,2-5H3,(H,31,36)(H,32,37). The van der Waals surface area contributed by atoms with Gasteiger partial charge in [-0.25, -0.2) is 12.4 Å². The van der Waals surface area contributed by atoms with Gasteiger partial charge in [-0.05, 0) is 63.9 Å². The molecule has 1 amide bonds. The molecular weight excluding hydrogens is 542 g/mol. The number of piperazine rings is 1. The van der Waals surface area contributed by atoms with E-state index in [0.717, 1.165) is 51.1 Å². The fourth-order valence-electron chi connectivity index (χ4n) is 5.31. The Balaban J connectivity index is 1.73. The molecule has 1 aromatic carbocycles. The maximum absolute atomic E-state index is 13.7. The van der Waals surface area contributed by atoms with Crippen molar-refractivity contribution in [2.45, 2.75) is 46.1 Å². The number of carbonyl (C=O) groups is 1. The first-order valence-electron chi connectivity index (χ1n) is 14.0. The zero-order valence-corrected chi connectivity index (χ0v) is 25.3. The van der Waals surface area contributed by atoms with Gasteiger partial charge in [0.15, 0.2) is 0 Å². The molecule has 3 aromatic rings. The van der Waals surface area contributed by atoms with Crippen LogP contribution in [0.3, 0.4) is 0 Å². The zero-order valence-electron chi connectivity index (χ0n) is 24.5. The SMILES string of the molecule is C=CCCCCCS(=O)(=O)n1cc(C)c2c(C(=O)NCc3c(OC)cc(C)[nH]c3=O)cc(N3CCN(C)CC3)cc21. The Morgan fingerprint density at radius 3 is 2.54 bits per heavy atom. The van der Waals surface area contributed by atoms with Crippen molar-refractivity contribution < 1.29 is 17.9 Å². The predicted octanol–water partition coefficient (Wildman–Crippen LogP) is 3.56. The normalized spacial score (nSPS) is 14.4. The average molecular weight is 584 g/mol. The van der Waals surface area contributed by atoms with Crippen molar-refractivity contribution in [3.8, 4) is 5.75 Å². The lowest BCUT2D eigenvalue weighted by molar-refractivity contribution is 0.0952. The summed E-state index contributed by atoms with van der Waals surface area (Å²) >= 11 is 0. The van der Waals surface area contributed by atoms with E-state index < -0.39 is 15.9 Å². The van der Waals surface area contributed by atoms with Crippen LogP contribution in [-0.4, -0.2) is 74.3 Å². The number of likely N-dealkylation sites (N-methyl/N-ethyl adjacent to an activating group) is 1. The summed E-state index contributed by atoms with van der Waals surface area (Å²) in [4.78, 5) is 33.5. The lowest BCUT2D eigenvalue weighted by Crippen LogP contribution is -2.44. The van der Waals surface area contributed by atoms with Gasteiger partial charge in [0.25, 0.3) is 11.5 Å². The number of benzene rings is 1. The largest absolute Gasteiger partial charge is 0.496 e. The van der Waals surface area contributed by atoms with Crippen molar-refractivity contribution in [3.05, 3.63) is 69.8 Å². The second-order valence-electron chi connectivity index (χ2n) is 10.8. The van der Waals surface area contributed by atoms with Gasteiger partial charge in [0.05, 0.1) is 36.1 Å². The number of amides is 1. The Bertz CT molecular complexity index is 1580. The van der Waals surface area contributed by atoms with Gasteiger partial charge in [-0.2, -0.15) is 0 Å². The Labute approximate surface area is 242 Å². The number of hydrogen-bond donors (Lipinski definition) is 2. The van der Waals surface area contributed by atoms with E-state index in [1.54, 1.807) is 19.2 Å². The first kappa shape index (κ1) is 30.4. The highest BCUT2D eigenvalue weighted by Gasteiger charge is 2.25. The van der Waals surface area contributed by atoms with Crippen LogP contribution < -0.4 is 20.5 Å². The van der Waals surface area contributed by atoms with Crippen LogP contribution in [0.25, 0.3) is 10.9 Å². The molecule has 41 heavy (non-hydrogen) atoms. The molecule has 0 saturated carbocycles. The number of aromatic amines is 1. The molecule has 0 unspecified atom stereocenters. The summed E-state index contributed by atoms with van der Waals surface area (Å²) in [5, 5.41) is 3.46. The third-order valence-electron chi connectivity index (χ3n) is 7.64. The van der Waals surface area contributed by atoms with Crippen LogP contribution in [0, 0.1) is 13.8 Å². The van der Waals surface area contributed by atoms with Gasteiger partial charge >= 0.3 is 0 Å². The Hall–Kier alpha value is -3.57. The van der Waals surface area contributed by atoms with Crippen molar-refractivity contribution in [3.63, 3.8) is 0 Å². The van der Waals surface area contributed by atoms with E-state index in [1.807, 2.05) is 25.1 Å². The number of fused-ring (bicyclic) bond motifs is 1. The van der Waals surface area contributed by atoms with E-state index in [9.17, 15) is 18.0 Å². The minimum atomic E-state index is -3.66. The van der Waals surface area contributed by atoms with Gasteiger partial charge in [0.2, 0.25) is 10.0 Å². The lowest BCUT2D eigenvalue weighted by Gasteiger charge is -2.34. The first-order chi connectivity index (χ1) is 19.6. The molecule has 0 bridgehead atoms. The smallest absolute Gasteiger partial charge is 0.256 e. The molecule has 1 aliphatic heterocycles. The first-order valence-corrected chi connectivity index (χ1v) is 15.6. The highest BCUT2D eigenvalue weighted by molar-refractivity contribution is 7.90. The lowest BCUT2D eigenvalue weighted by atomic mass is 10.0. The summed E-state index contributed by atoms with van der Waals surface area (Å²) in [5.41, 5.74) is 2.98. The van der Waals surface area contributed by atoms with Gasteiger partial charge < -0.3 is 24.8 Å². The molecule has 4 rings (SSSR count). The number of H-pyrrole nitrogens is 1. The van der Waals surface area contributed by atoms with E-state index in [4.69, 9.17) is 4.74 Å². The summed E-state index contributed by atoms with van der Waals surface area (Å²) in [5.74, 6) is 0.0176. The number of rotatable bonds is 12. The molecule has 0 radical (unpaired) electrons. The number of hydrogen-bond acceptors (Lipinski definition) is 7. The van der Waals surface area contributed by atoms with Gasteiger partial charge in [0, 0.05) is 49.1 Å². The van der Waals surface area contributed by atoms with Gasteiger partial charge in [-0.1, -0.05) is 12.5 Å². The number of nitrogens with one attached hydrogen (secondary N) is 2. The van der Waals surface area contributed by atoms with Crippen LogP contribution in [0.1, 0.15) is 52.9 Å². The number of ether oxygens (including phenoxy) is 1. The highest BCUT2D eigenvalue weighted by Crippen LogP contribution is 2.32. The van der Waals surface area contributed by atoms with Crippen molar-refractivity contribution >= 4 is 32.5 Å². The Morgan fingerprint density at radius 2 is 1.85 bits per heavy atom. The second kappa shape index (κ2) is 12.9. The zero-order chi connectivity index (χ0) is 29.7. The molecule has 1 aliphatic rings. The number of anilines is 1. The van der Waals surface area contributed by atoms with Crippen LogP contribution in [0.5, 0.6) is 5.75 Å². The summed E-state index contributed by atoms with van der Waals surface area (Å²) in [6.45, 7) is 10.5. The molecule has 10 nitrogen and oxygen atoms in total. The fraction of sp³-hybridized carbons (Fsp3) is 0.467. The maximum atomic E-state index is 13.7. The number of nitrogens with zero attached hydrogens (tertiary/aromatic N) is 3. The average Bonchev–Trinajstić information content (AvgIpc) is 3.29. The van der Waals surface area contributed by atoms with E-state index in [2.05, 4.69) is 33.7 Å². The molecule has 0 atom stereocenters. The van der Waals surface area contributed by atoms with Gasteiger partial charge in [-0.15, -0.1) is 6.58 Å². The molecule has 0 spiro atoms. The molecule has 11 heteroatoms. The quantitative estimate of drug-likeness (QED) is 0.247. The van der Waals surface area contributed by atoms with E-state index in [0.29, 0.717) is 45.5 Å². The third kappa shape index (κ3) is 6.84. The van der Waals surface area contributed by atoms with E-state index >= 15 is 0 Å². The fourth-order valence-corrected chi connectivity index (χ4v) is 6.84. The summed E-state index contributed by atoms with van der Waals surface area (Å²) < 4.78 is 33.8. The van der Waals surface area contributed by atoms with Crippen molar-refractivity contribution in [2.24, 2.45) is 0 Å². The number of methoxy groups -OCH3 is 1. The third-order valence-corrected chi connectivity index (χ3v) is 9.35. The summed E-state index contributed by atoms with van der Waals surface area (Å²) in [6.07, 6.45) is 6.56. The highest BCUT2D eigenvalue weighted by atomic mass is 32.2. The van der Waals surface area contributed by atoms with Crippen molar-refractivity contribution in [2.75, 3.05) is 51.0 Å². The topological polar surface area (TPSA) is 117 Å². The second-order valence-corrected chi connectivity index (χ2v) is 12.7. The molecule has 1 fully saturated rings. The van der Waals surface area contributed by atoms with E-state index in [-0.39, 0.29) is 17.9 Å². The van der Waals surface area contributed by atoms with Crippen LogP contribution in [0.2, 0.25) is 0 Å². The minimum absolute atomic E-state index is 0.0175. The van der Waals surface area contributed by atoms with Crippen LogP contribution in [0.15, 0.2) is 41.8 Å². The molecule has 2 N–H and O–H groups in total. The maximum Gasteiger partial charge on any atom is 0.256 e. The van der Waals surface area contributed by atoms with Gasteiger partial charge in [0.1, 0.15) is 5.75 Å². The van der Waals surface area contributed by atoms with E-state index in [1.165, 1.54) is 11.1 Å². The molecule has 2 aromatic heterocycles. The number of carbonyl (C=O) groups excluding carboxylic acids is 1. The Kier molecular flexibility index (Phi) is 9.60. The minimum Gasteiger partial charge on any atom is -0.496 e. The van der Waals surface area contributed by atoms with Crippen LogP contribution >= 0.6 is 0 Å². The summed E-state index contributed by atoms with van der Waals surface area (Å²) in [7, 11) is -0.109. The number of unbranched alkanes of at least 4 members (excludes halogenated alkanes) is 3. The molecule has 0 aliphatic carbocycles. The monoisotopic (exact) mass is 583 g/mol.